The summed E-state index contributed by atoms with van der Waals surface area (Å²) in [5.74, 6) is 3.99. The normalized spacial score (nSPS) is 15.6. The summed E-state index contributed by atoms with van der Waals surface area (Å²) in [6, 6.07) is 10.6. The molecule has 0 saturated heterocycles. The zero-order valence-electron chi connectivity index (χ0n) is 20.0. The molecule has 3 aromatic rings. The number of ether oxygens (including phenoxy) is 4. The van der Waals surface area contributed by atoms with Crippen LogP contribution >= 0.6 is 0 Å². The molecule has 2 aromatic carbocycles. The standard InChI is InChI=1S/C28H34NO4/c1-30-25-10-9-20-15-24-22-17-27(32-3)26(31-2)16-21(22)11-13-29(24)18-23(20)28(25)33-14-12-19-7-5-4-6-8-19/h9-10,15-19H,4-8,11-14H2,1-3H3/q+1. The predicted octanol–water partition coefficient (Wildman–Crippen LogP) is 5.73. The van der Waals surface area contributed by atoms with Crippen LogP contribution in [0, 0.1) is 5.92 Å². The van der Waals surface area contributed by atoms with Crippen LogP contribution in [0.25, 0.3) is 22.0 Å². The van der Waals surface area contributed by atoms with Gasteiger partial charge in [0.05, 0.1) is 38.9 Å². The Bertz CT molecular complexity index is 1150. The number of nitrogens with zero attached hydrogens (tertiary/aromatic N) is 1. The fourth-order valence-corrected chi connectivity index (χ4v) is 5.45. The van der Waals surface area contributed by atoms with Crippen LogP contribution < -0.4 is 23.5 Å². The molecule has 5 rings (SSSR count). The van der Waals surface area contributed by atoms with Crippen LogP contribution in [0.2, 0.25) is 0 Å². The third kappa shape index (κ3) is 4.21. The molecule has 1 aliphatic heterocycles. The molecule has 5 nitrogen and oxygen atoms in total. The van der Waals surface area contributed by atoms with E-state index in [1.54, 1.807) is 21.3 Å². The summed E-state index contributed by atoms with van der Waals surface area (Å²) in [6.45, 7) is 1.65. The summed E-state index contributed by atoms with van der Waals surface area (Å²) < 4.78 is 25.5. The lowest BCUT2D eigenvalue weighted by Gasteiger charge is -2.22. The van der Waals surface area contributed by atoms with E-state index in [4.69, 9.17) is 18.9 Å². The van der Waals surface area contributed by atoms with Gasteiger partial charge in [0.1, 0.15) is 0 Å². The molecule has 0 spiro atoms. The Morgan fingerprint density at radius 3 is 2.39 bits per heavy atom. The second-order valence-electron chi connectivity index (χ2n) is 9.21. The molecular weight excluding hydrogens is 414 g/mol. The van der Waals surface area contributed by atoms with E-state index in [1.165, 1.54) is 48.9 Å². The number of aryl methyl sites for hydroxylation is 2. The van der Waals surface area contributed by atoms with Crippen LogP contribution in [0.5, 0.6) is 23.0 Å². The van der Waals surface area contributed by atoms with Gasteiger partial charge in [0.2, 0.25) is 5.69 Å². The van der Waals surface area contributed by atoms with Gasteiger partial charge in [-0.1, -0.05) is 32.1 Å². The first-order valence-electron chi connectivity index (χ1n) is 12.1. The molecule has 0 unspecified atom stereocenters. The van der Waals surface area contributed by atoms with E-state index in [-0.39, 0.29) is 0 Å². The topological polar surface area (TPSA) is 40.8 Å². The van der Waals surface area contributed by atoms with Crippen molar-refractivity contribution in [2.24, 2.45) is 5.92 Å². The third-order valence-corrected chi connectivity index (χ3v) is 7.30. The molecule has 0 amide bonds. The SMILES string of the molecule is COc1cc2c(cc1OC)-c1cc3ccc(OC)c(OCCC4CCCCC4)c3c[n+]1CC2. The van der Waals surface area contributed by atoms with Gasteiger partial charge in [0.25, 0.3) is 0 Å². The van der Waals surface area contributed by atoms with Crippen molar-refractivity contribution in [2.45, 2.75) is 51.5 Å². The average molecular weight is 449 g/mol. The van der Waals surface area contributed by atoms with Crippen LogP contribution in [0.3, 0.4) is 0 Å². The summed E-state index contributed by atoms with van der Waals surface area (Å²) in [4.78, 5) is 0. The Morgan fingerprint density at radius 2 is 1.64 bits per heavy atom. The highest BCUT2D eigenvalue weighted by molar-refractivity contribution is 5.91. The van der Waals surface area contributed by atoms with Gasteiger partial charge in [0, 0.05) is 12.5 Å². The summed E-state index contributed by atoms with van der Waals surface area (Å²) in [5, 5.41) is 2.25. The summed E-state index contributed by atoms with van der Waals surface area (Å²) in [7, 11) is 5.09. The van der Waals surface area contributed by atoms with Gasteiger partial charge in [-0.05, 0) is 47.6 Å². The van der Waals surface area contributed by atoms with E-state index in [2.05, 4.69) is 35.0 Å². The van der Waals surface area contributed by atoms with E-state index in [0.29, 0.717) is 0 Å². The van der Waals surface area contributed by atoms with Crippen molar-refractivity contribution in [3.63, 3.8) is 0 Å². The molecular formula is C28H34NO4+. The number of methoxy groups -OCH3 is 3. The minimum absolute atomic E-state index is 0.738. The van der Waals surface area contributed by atoms with E-state index in [1.807, 2.05) is 6.07 Å². The average Bonchev–Trinajstić information content (AvgIpc) is 2.87. The van der Waals surface area contributed by atoms with Crippen molar-refractivity contribution in [3.8, 4) is 34.3 Å². The quantitative estimate of drug-likeness (QED) is 0.433. The lowest BCUT2D eigenvalue weighted by Crippen LogP contribution is -2.40. The molecule has 1 saturated carbocycles. The van der Waals surface area contributed by atoms with Gasteiger partial charge in [-0.25, -0.2) is 0 Å². The Labute approximate surface area is 196 Å². The molecule has 2 aliphatic rings. The Morgan fingerprint density at radius 1 is 0.879 bits per heavy atom. The maximum Gasteiger partial charge on any atom is 0.213 e. The van der Waals surface area contributed by atoms with Crippen molar-refractivity contribution in [3.05, 3.63) is 42.1 Å². The van der Waals surface area contributed by atoms with Gasteiger partial charge in [-0.3, -0.25) is 0 Å². The number of pyridine rings is 1. The van der Waals surface area contributed by atoms with E-state index in [9.17, 15) is 0 Å². The van der Waals surface area contributed by atoms with Crippen LogP contribution in [0.15, 0.2) is 36.5 Å². The smallest absolute Gasteiger partial charge is 0.213 e. The van der Waals surface area contributed by atoms with E-state index in [0.717, 1.165) is 65.7 Å². The second-order valence-corrected chi connectivity index (χ2v) is 9.21. The third-order valence-electron chi connectivity index (χ3n) is 7.30. The van der Waals surface area contributed by atoms with Crippen LogP contribution in [-0.4, -0.2) is 27.9 Å². The molecule has 174 valence electrons. The monoisotopic (exact) mass is 448 g/mol. The van der Waals surface area contributed by atoms with Crippen LogP contribution in [0.1, 0.15) is 44.1 Å². The molecule has 0 bridgehead atoms. The summed E-state index contributed by atoms with van der Waals surface area (Å²) >= 11 is 0. The minimum Gasteiger partial charge on any atom is -0.493 e. The maximum absolute atomic E-state index is 6.40. The molecule has 1 aromatic heterocycles. The predicted molar refractivity (Wildman–Crippen MR) is 130 cm³/mol. The van der Waals surface area contributed by atoms with E-state index >= 15 is 0 Å². The molecule has 33 heavy (non-hydrogen) atoms. The fourth-order valence-electron chi connectivity index (χ4n) is 5.45. The van der Waals surface area contributed by atoms with Crippen molar-refractivity contribution >= 4 is 10.8 Å². The molecule has 2 heterocycles. The van der Waals surface area contributed by atoms with E-state index < -0.39 is 0 Å². The highest BCUT2D eigenvalue weighted by Crippen LogP contribution is 2.40. The number of fused-ring (bicyclic) bond motifs is 4. The zero-order valence-corrected chi connectivity index (χ0v) is 20.0. The second kappa shape index (κ2) is 9.50. The highest BCUT2D eigenvalue weighted by atomic mass is 16.5. The fraction of sp³-hybridized carbons (Fsp3) is 0.464. The molecule has 0 atom stereocenters. The number of aromatic nitrogens is 1. The largest absolute Gasteiger partial charge is 0.493 e. The molecule has 5 heteroatoms. The Kier molecular flexibility index (Phi) is 6.30. The van der Waals surface area contributed by atoms with Crippen LogP contribution in [-0.2, 0) is 13.0 Å². The Balaban J connectivity index is 1.50. The number of hydrogen-bond donors (Lipinski definition) is 0. The van der Waals surface area contributed by atoms with Gasteiger partial charge in [-0.15, -0.1) is 0 Å². The Hall–Kier alpha value is -2.95. The lowest BCUT2D eigenvalue weighted by molar-refractivity contribution is -0.686. The molecule has 0 N–H and O–H groups in total. The van der Waals surface area contributed by atoms with Gasteiger partial charge in [-0.2, -0.15) is 4.57 Å². The minimum atomic E-state index is 0.738. The first kappa shape index (κ1) is 21.9. The molecule has 0 radical (unpaired) electrons. The summed E-state index contributed by atoms with van der Waals surface area (Å²) in [6.07, 6.45) is 11.1. The number of benzene rings is 2. The lowest BCUT2D eigenvalue weighted by atomic mass is 9.87. The highest BCUT2D eigenvalue weighted by Gasteiger charge is 2.27. The van der Waals surface area contributed by atoms with Crippen molar-refractivity contribution < 1.29 is 23.5 Å². The van der Waals surface area contributed by atoms with Crippen LogP contribution in [0.4, 0.5) is 0 Å². The molecule has 1 fully saturated rings. The first-order valence-corrected chi connectivity index (χ1v) is 12.1. The van der Waals surface area contributed by atoms with Gasteiger partial charge in [0.15, 0.2) is 35.7 Å². The van der Waals surface area contributed by atoms with Crippen molar-refractivity contribution in [2.75, 3.05) is 27.9 Å². The number of hydrogen-bond acceptors (Lipinski definition) is 4. The molecule has 1 aliphatic carbocycles. The van der Waals surface area contributed by atoms with Gasteiger partial charge >= 0.3 is 0 Å². The van der Waals surface area contributed by atoms with Gasteiger partial charge < -0.3 is 18.9 Å². The first-order chi connectivity index (χ1) is 16.2. The zero-order chi connectivity index (χ0) is 22.8. The van der Waals surface area contributed by atoms with Crippen molar-refractivity contribution in [1.82, 2.24) is 0 Å². The maximum atomic E-state index is 6.40. The number of rotatable bonds is 7. The summed E-state index contributed by atoms with van der Waals surface area (Å²) in [5.41, 5.74) is 3.66. The van der Waals surface area contributed by atoms with Crippen molar-refractivity contribution in [1.29, 1.82) is 0 Å².